The van der Waals surface area contributed by atoms with Crippen LogP contribution in [0, 0.1) is 17.1 Å². The molecular weight excluding hydrogens is 393 g/mol. The van der Waals surface area contributed by atoms with E-state index in [-0.39, 0.29) is 11.1 Å². The number of nitrogens with zero attached hydrogens (tertiary/aromatic N) is 4. The monoisotopic (exact) mass is 406 g/mol. The fraction of sp³-hybridized carbons (Fsp3) is 0.167. The highest BCUT2D eigenvalue weighted by Crippen LogP contribution is 2.32. The molecule has 0 bridgehead atoms. The highest BCUT2D eigenvalue weighted by atomic mass is 32.2. The van der Waals surface area contributed by atoms with Gasteiger partial charge in [0.1, 0.15) is 5.82 Å². The van der Waals surface area contributed by atoms with Gasteiger partial charge >= 0.3 is 0 Å². The SMILES string of the molecule is CC(C#N)Sc1nnc(-c2ccc(F)cc2)n1-c1ccc(SC(F)F)cc1. The maximum Gasteiger partial charge on any atom is 0.288 e. The topological polar surface area (TPSA) is 54.5 Å². The van der Waals surface area contributed by atoms with E-state index in [0.29, 0.717) is 38.9 Å². The molecule has 0 aliphatic rings. The molecule has 0 spiro atoms. The second kappa shape index (κ2) is 8.50. The fourth-order valence-corrected chi connectivity index (χ4v) is 3.58. The first-order valence-electron chi connectivity index (χ1n) is 7.81. The van der Waals surface area contributed by atoms with E-state index in [1.54, 1.807) is 47.9 Å². The lowest BCUT2D eigenvalue weighted by Crippen LogP contribution is -2.02. The third-order valence-corrected chi connectivity index (χ3v) is 5.18. The molecule has 0 saturated heterocycles. The van der Waals surface area contributed by atoms with Gasteiger partial charge in [0.2, 0.25) is 0 Å². The summed E-state index contributed by atoms with van der Waals surface area (Å²) in [7, 11) is 0. The van der Waals surface area contributed by atoms with Crippen LogP contribution in [0.15, 0.2) is 58.6 Å². The van der Waals surface area contributed by atoms with Crippen LogP contribution >= 0.6 is 23.5 Å². The van der Waals surface area contributed by atoms with Gasteiger partial charge in [0.25, 0.3) is 5.76 Å². The fourth-order valence-electron chi connectivity index (χ4n) is 2.33. The molecule has 27 heavy (non-hydrogen) atoms. The standard InChI is InChI=1S/C18H13F3N4S2/c1-11(10-22)26-18-24-23-16(12-2-4-13(19)5-3-12)25(18)14-6-8-15(9-7-14)27-17(20)21/h2-9,11,17H,1H3. The zero-order valence-corrected chi connectivity index (χ0v) is 15.6. The van der Waals surface area contributed by atoms with Crippen LogP contribution < -0.4 is 0 Å². The number of thioether (sulfide) groups is 2. The summed E-state index contributed by atoms with van der Waals surface area (Å²) >= 11 is 1.69. The quantitative estimate of drug-likeness (QED) is 0.514. The minimum atomic E-state index is -2.50. The summed E-state index contributed by atoms with van der Waals surface area (Å²) in [4.78, 5) is 0.435. The van der Waals surface area contributed by atoms with Gasteiger partial charge in [0, 0.05) is 16.1 Å². The molecule has 3 rings (SSSR count). The molecule has 0 fully saturated rings. The molecule has 1 atom stereocenters. The van der Waals surface area contributed by atoms with E-state index in [4.69, 9.17) is 5.26 Å². The van der Waals surface area contributed by atoms with Crippen molar-refractivity contribution in [2.75, 3.05) is 0 Å². The van der Waals surface area contributed by atoms with Crippen molar-refractivity contribution in [3.63, 3.8) is 0 Å². The number of aromatic nitrogens is 3. The van der Waals surface area contributed by atoms with E-state index in [1.807, 2.05) is 0 Å². The Morgan fingerprint density at radius 1 is 1.00 bits per heavy atom. The molecule has 3 aromatic rings. The number of nitriles is 1. The Kier molecular flexibility index (Phi) is 6.08. The van der Waals surface area contributed by atoms with E-state index in [9.17, 15) is 13.2 Å². The van der Waals surface area contributed by atoms with Crippen LogP contribution in [-0.2, 0) is 0 Å². The second-order valence-corrected chi connectivity index (χ2v) is 7.78. The van der Waals surface area contributed by atoms with Gasteiger partial charge in [-0.2, -0.15) is 14.0 Å². The van der Waals surface area contributed by atoms with Gasteiger partial charge in [-0.25, -0.2) is 4.39 Å². The minimum Gasteiger partial charge on any atom is -0.270 e. The molecule has 1 aromatic heterocycles. The van der Waals surface area contributed by atoms with Gasteiger partial charge in [0.05, 0.1) is 11.3 Å². The van der Waals surface area contributed by atoms with Gasteiger partial charge in [-0.1, -0.05) is 23.5 Å². The van der Waals surface area contributed by atoms with Crippen molar-refractivity contribution in [2.45, 2.75) is 28.0 Å². The molecule has 1 unspecified atom stereocenters. The molecule has 0 aliphatic heterocycles. The molecule has 138 valence electrons. The summed E-state index contributed by atoms with van der Waals surface area (Å²) < 4.78 is 40.0. The van der Waals surface area contributed by atoms with Crippen LogP contribution in [0.1, 0.15) is 6.92 Å². The van der Waals surface area contributed by atoms with E-state index in [2.05, 4.69) is 16.3 Å². The largest absolute Gasteiger partial charge is 0.288 e. The van der Waals surface area contributed by atoms with Crippen LogP contribution in [0.3, 0.4) is 0 Å². The van der Waals surface area contributed by atoms with Gasteiger partial charge < -0.3 is 0 Å². The van der Waals surface area contributed by atoms with Crippen molar-refractivity contribution in [1.29, 1.82) is 5.26 Å². The molecular formula is C18H13F3N4S2. The Bertz CT molecular complexity index is 950. The molecule has 0 saturated carbocycles. The predicted molar refractivity (Wildman–Crippen MR) is 99.5 cm³/mol. The second-order valence-electron chi connectivity index (χ2n) is 5.41. The van der Waals surface area contributed by atoms with Crippen LogP contribution in [0.4, 0.5) is 13.2 Å². The molecule has 0 N–H and O–H groups in total. The number of halogens is 3. The molecule has 0 amide bonds. The lowest BCUT2D eigenvalue weighted by atomic mass is 10.2. The lowest BCUT2D eigenvalue weighted by Gasteiger charge is -2.11. The number of rotatable bonds is 6. The normalized spacial score (nSPS) is 12.1. The van der Waals surface area contributed by atoms with Crippen molar-refractivity contribution in [1.82, 2.24) is 14.8 Å². The maximum absolute atomic E-state index is 13.3. The summed E-state index contributed by atoms with van der Waals surface area (Å²) in [6, 6.07) is 14.5. The van der Waals surface area contributed by atoms with Gasteiger partial charge in [-0.15, -0.1) is 10.2 Å². The summed E-state index contributed by atoms with van der Waals surface area (Å²) in [6.07, 6.45) is 0. The number of benzene rings is 2. The van der Waals surface area contributed by atoms with Crippen LogP contribution in [0.25, 0.3) is 17.1 Å². The van der Waals surface area contributed by atoms with Crippen LogP contribution in [0.2, 0.25) is 0 Å². The zero-order valence-electron chi connectivity index (χ0n) is 14.0. The Labute approximate surface area is 162 Å². The molecule has 1 heterocycles. The summed E-state index contributed by atoms with van der Waals surface area (Å²) in [5, 5.41) is 17.6. The van der Waals surface area contributed by atoms with Gasteiger partial charge in [0.15, 0.2) is 11.0 Å². The zero-order chi connectivity index (χ0) is 19.4. The van der Waals surface area contributed by atoms with Crippen molar-refractivity contribution in [3.8, 4) is 23.1 Å². The Morgan fingerprint density at radius 2 is 1.67 bits per heavy atom. The van der Waals surface area contributed by atoms with Crippen molar-refractivity contribution in [3.05, 3.63) is 54.3 Å². The lowest BCUT2D eigenvalue weighted by molar-refractivity contribution is 0.252. The molecule has 9 heteroatoms. The number of alkyl halides is 2. The van der Waals surface area contributed by atoms with Gasteiger partial charge in [-0.05, 0) is 55.5 Å². The average Bonchev–Trinajstić information content (AvgIpc) is 3.06. The third-order valence-electron chi connectivity index (χ3n) is 3.52. The first-order chi connectivity index (χ1) is 13.0. The van der Waals surface area contributed by atoms with E-state index in [1.165, 1.54) is 23.9 Å². The van der Waals surface area contributed by atoms with Crippen LogP contribution in [-0.4, -0.2) is 25.8 Å². The van der Waals surface area contributed by atoms with Crippen molar-refractivity contribution in [2.24, 2.45) is 0 Å². The summed E-state index contributed by atoms with van der Waals surface area (Å²) in [5.41, 5.74) is 1.30. The highest BCUT2D eigenvalue weighted by molar-refractivity contribution is 8.00. The average molecular weight is 406 g/mol. The first-order valence-corrected chi connectivity index (χ1v) is 9.56. The maximum atomic E-state index is 13.3. The van der Waals surface area contributed by atoms with Crippen LogP contribution in [0.5, 0.6) is 0 Å². The minimum absolute atomic E-state index is 0.359. The smallest absolute Gasteiger partial charge is 0.270 e. The molecule has 4 nitrogen and oxygen atoms in total. The van der Waals surface area contributed by atoms with Crippen molar-refractivity contribution < 1.29 is 13.2 Å². The molecule has 2 aromatic carbocycles. The Hall–Kier alpha value is -2.44. The Balaban J connectivity index is 2.06. The summed E-state index contributed by atoms with van der Waals surface area (Å²) in [5.74, 6) is -2.40. The predicted octanol–water partition coefficient (Wildman–Crippen LogP) is 5.39. The van der Waals surface area contributed by atoms with Gasteiger partial charge in [-0.3, -0.25) is 4.57 Å². The number of hydrogen-bond acceptors (Lipinski definition) is 5. The highest BCUT2D eigenvalue weighted by Gasteiger charge is 2.18. The van der Waals surface area contributed by atoms with Crippen molar-refractivity contribution >= 4 is 23.5 Å². The molecule has 0 aliphatic carbocycles. The Morgan fingerprint density at radius 3 is 2.26 bits per heavy atom. The van der Waals surface area contributed by atoms with E-state index in [0.717, 1.165) is 0 Å². The summed E-state index contributed by atoms with van der Waals surface area (Å²) in [6.45, 7) is 1.74. The molecule has 0 radical (unpaired) electrons. The first kappa shape index (κ1) is 19.3. The number of hydrogen-bond donors (Lipinski definition) is 0. The third kappa shape index (κ3) is 4.64. The van der Waals surface area contributed by atoms with E-state index >= 15 is 0 Å². The van der Waals surface area contributed by atoms with E-state index < -0.39 is 5.76 Å².